The molecule has 0 spiro atoms. The van der Waals surface area contributed by atoms with Gasteiger partial charge in [0, 0.05) is 11.6 Å². The maximum Gasteiger partial charge on any atom is 0.331 e. The standard InChI is InChI=1S/C14H17ClN2O3/c1-9(2)6-16-13(18)7-17-8-14(19)20-12-4-3-10(15)5-11(12)17/h3-5,9H,6-8H2,1-2H3,(H,16,18). The summed E-state index contributed by atoms with van der Waals surface area (Å²) in [5.74, 6) is 0.310. The Bertz CT molecular complexity index is 531. The Kier molecular flexibility index (Phi) is 4.49. The summed E-state index contributed by atoms with van der Waals surface area (Å²) >= 11 is 5.95. The van der Waals surface area contributed by atoms with Crippen molar-refractivity contribution in [2.24, 2.45) is 5.92 Å². The number of nitrogens with one attached hydrogen (secondary N) is 1. The molecule has 1 aliphatic rings. The topological polar surface area (TPSA) is 58.6 Å². The van der Waals surface area contributed by atoms with Crippen LogP contribution in [0.3, 0.4) is 0 Å². The van der Waals surface area contributed by atoms with Crippen LogP contribution >= 0.6 is 11.6 Å². The molecule has 0 fully saturated rings. The summed E-state index contributed by atoms with van der Waals surface area (Å²) in [7, 11) is 0. The number of ether oxygens (including phenoxy) is 1. The number of carbonyl (C=O) groups excluding carboxylic acids is 2. The zero-order chi connectivity index (χ0) is 14.7. The number of hydrogen-bond donors (Lipinski definition) is 1. The second-order valence-electron chi connectivity index (χ2n) is 5.14. The number of esters is 1. The van der Waals surface area contributed by atoms with Crippen molar-refractivity contribution in [1.82, 2.24) is 5.32 Å². The zero-order valence-corrected chi connectivity index (χ0v) is 12.2. The Hall–Kier alpha value is -1.75. The van der Waals surface area contributed by atoms with Crippen LogP contribution in [0, 0.1) is 5.92 Å². The predicted molar refractivity (Wildman–Crippen MR) is 77.1 cm³/mol. The molecule has 1 aliphatic heterocycles. The molecular weight excluding hydrogens is 280 g/mol. The molecule has 6 heteroatoms. The summed E-state index contributed by atoms with van der Waals surface area (Å²) in [6, 6.07) is 4.98. The lowest BCUT2D eigenvalue weighted by molar-refractivity contribution is -0.133. The first-order valence-electron chi connectivity index (χ1n) is 6.47. The van der Waals surface area contributed by atoms with Crippen molar-refractivity contribution in [3.05, 3.63) is 23.2 Å². The van der Waals surface area contributed by atoms with Crippen LogP contribution in [0.2, 0.25) is 5.02 Å². The summed E-state index contributed by atoms with van der Waals surface area (Å²) in [5, 5.41) is 3.36. The molecule has 5 nitrogen and oxygen atoms in total. The minimum Gasteiger partial charge on any atom is -0.423 e. The average Bonchev–Trinajstić information content (AvgIpc) is 2.37. The van der Waals surface area contributed by atoms with Gasteiger partial charge in [-0.25, -0.2) is 4.79 Å². The molecule has 1 amide bonds. The molecule has 0 aromatic heterocycles. The molecule has 2 rings (SSSR count). The van der Waals surface area contributed by atoms with Crippen LogP contribution in [0.1, 0.15) is 13.8 Å². The number of rotatable bonds is 4. The van der Waals surface area contributed by atoms with Gasteiger partial charge in [0.1, 0.15) is 6.54 Å². The lowest BCUT2D eigenvalue weighted by Crippen LogP contribution is -2.44. The van der Waals surface area contributed by atoms with E-state index in [-0.39, 0.29) is 25.0 Å². The lowest BCUT2D eigenvalue weighted by Gasteiger charge is -2.29. The summed E-state index contributed by atoms with van der Waals surface area (Å²) in [6.45, 7) is 4.80. The minimum atomic E-state index is -0.378. The largest absolute Gasteiger partial charge is 0.423 e. The van der Waals surface area contributed by atoms with Crippen LogP contribution in [0.5, 0.6) is 5.75 Å². The van der Waals surface area contributed by atoms with E-state index in [1.807, 2.05) is 13.8 Å². The van der Waals surface area contributed by atoms with E-state index in [9.17, 15) is 9.59 Å². The second kappa shape index (κ2) is 6.13. The molecule has 0 aliphatic carbocycles. The van der Waals surface area contributed by atoms with E-state index in [1.165, 1.54) is 0 Å². The van der Waals surface area contributed by atoms with E-state index >= 15 is 0 Å². The Morgan fingerprint density at radius 2 is 2.25 bits per heavy atom. The third kappa shape index (κ3) is 3.63. The average molecular weight is 297 g/mol. The van der Waals surface area contributed by atoms with Crippen molar-refractivity contribution >= 4 is 29.2 Å². The Labute approximate surface area is 122 Å². The molecule has 0 saturated carbocycles. The van der Waals surface area contributed by atoms with Crippen LogP contribution in [-0.4, -0.2) is 31.5 Å². The van der Waals surface area contributed by atoms with Gasteiger partial charge in [-0.2, -0.15) is 0 Å². The van der Waals surface area contributed by atoms with Crippen molar-refractivity contribution in [3.8, 4) is 5.75 Å². The van der Waals surface area contributed by atoms with Gasteiger partial charge in [-0.15, -0.1) is 0 Å². The molecule has 108 valence electrons. The minimum absolute atomic E-state index is 0.0441. The number of carbonyl (C=O) groups is 2. The summed E-state index contributed by atoms with van der Waals surface area (Å²) < 4.78 is 5.13. The van der Waals surface area contributed by atoms with E-state index < -0.39 is 0 Å². The highest BCUT2D eigenvalue weighted by Crippen LogP contribution is 2.34. The highest BCUT2D eigenvalue weighted by atomic mass is 35.5. The van der Waals surface area contributed by atoms with E-state index in [1.54, 1.807) is 23.1 Å². The second-order valence-corrected chi connectivity index (χ2v) is 5.58. The van der Waals surface area contributed by atoms with E-state index in [2.05, 4.69) is 5.32 Å². The third-order valence-corrected chi connectivity index (χ3v) is 3.08. The Morgan fingerprint density at radius 1 is 1.50 bits per heavy atom. The normalized spacial score (nSPS) is 14.0. The molecule has 0 bridgehead atoms. The molecular formula is C14H17ClN2O3. The fourth-order valence-electron chi connectivity index (χ4n) is 1.91. The van der Waals surface area contributed by atoms with Crippen molar-refractivity contribution in [2.45, 2.75) is 13.8 Å². The molecule has 0 unspecified atom stereocenters. The van der Waals surface area contributed by atoms with Crippen LogP contribution in [-0.2, 0) is 9.59 Å². The monoisotopic (exact) mass is 296 g/mol. The third-order valence-electron chi connectivity index (χ3n) is 2.85. The number of nitrogens with zero attached hydrogens (tertiary/aromatic N) is 1. The quantitative estimate of drug-likeness (QED) is 0.680. The van der Waals surface area contributed by atoms with Gasteiger partial charge in [0.15, 0.2) is 5.75 Å². The molecule has 1 N–H and O–H groups in total. The fraction of sp³-hybridized carbons (Fsp3) is 0.429. The predicted octanol–water partition coefficient (Wildman–Crippen LogP) is 1.84. The first-order valence-corrected chi connectivity index (χ1v) is 6.85. The molecule has 1 heterocycles. The molecule has 0 atom stereocenters. The van der Waals surface area contributed by atoms with E-state index in [0.717, 1.165) is 0 Å². The SMILES string of the molecule is CC(C)CNC(=O)CN1CC(=O)Oc2ccc(Cl)cc21. The number of amides is 1. The highest BCUT2D eigenvalue weighted by molar-refractivity contribution is 6.31. The summed E-state index contributed by atoms with van der Waals surface area (Å²) in [4.78, 5) is 25.1. The van der Waals surface area contributed by atoms with Crippen molar-refractivity contribution in [3.63, 3.8) is 0 Å². The van der Waals surface area contributed by atoms with Crippen LogP contribution in [0.25, 0.3) is 0 Å². The number of fused-ring (bicyclic) bond motifs is 1. The van der Waals surface area contributed by atoms with Gasteiger partial charge in [0.25, 0.3) is 0 Å². The number of hydrogen-bond acceptors (Lipinski definition) is 4. The lowest BCUT2D eigenvalue weighted by atomic mass is 10.2. The van der Waals surface area contributed by atoms with Gasteiger partial charge in [0.2, 0.25) is 5.91 Å². The highest BCUT2D eigenvalue weighted by Gasteiger charge is 2.25. The van der Waals surface area contributed by atoms with Gasteiger partial charge in [-0.3, -0.25) is 4.79 Å². The fourth-order valence-corrected chi connectivity index (χ4v) is 2.07. The van der Waals surface area contributed by atoms with E-state index in [0.29, 0.717) is 28.9 Å². The van der Waals surface area contributed by atoms with Gasteiger partial charge >= 0.3 is 5.97 Å². The van der Waals surface area contributed by atoms with Crippen molar-refractivity contribution in [1.29, 1.82) is 0 Å². The van der Waals surface area contributed by atoms with Gasteiger partial charge in [-0.1, -0.05) is 25.4 Å². The smallest absolute Gasteiger partial charge is 0.331 e. The Morgan fingerprint density at radius 3 is 2.95 bits per heavy atom. The number of anilines is 1. The zero-order valence-electron chi connectivity index (χ0n) is 11.5. The molecule has 1 aromatic carbocycles. The van der Waals surface area contributed by atoms with E-state index in [4.69, 9.17) is 16.3 Å². The number of benzene rings is 1. The number of halogens is 1. The first kappa shape index (κ1) is 14.7. The van der Waals surface area contributed by atoms with Gasteiger partial charge in [-0.05, 0) is 24.1 Å². The van der Waals surface area contributed by atoms with Gasteiger partial charge < -0.3 is 15.0 Å². The Balaban J connectivity index is 2.10. The van der Waals surface area contributed by atoms with Crippen LogP contribution < -0.4 is 15.0 Å². The molecule has 0 radical (unpaired) electrons. The summed E-state index contributed by atoms with van der Waals surface area (Å²) in [6.07, 6.45) is 0. The van der Waals surface area contributed by atoms with Crippen molar-refractivity contribution < 1.29 is 14.3 Å². The summed E-state index contributed by atoms with van der Waals surface area (Å²) in [5.41, 5.74) is 0.664. The maximum atomic E-state index is 11.9. The van der Waals surface area contributed by atoms with Crippen molar-refractivity contribution in [2.75, 3.05) is 24.5 Å². The van der Waals surface area contributed by atoms with Crippen LogP contribution in [0.4, 0.5) is 5.69 Å². The maximum absolute atomic E-state index is 11.9. The molecule has 20 heavy (non-hydrogen) atoms. The first-order chi connectivity index (χ1) is 9.45. The van der Waals surface area contributed by atoms with Crippen LogP contribution in [0.15, 0.2) is 18.2 Å². The molecule has 0 saturated heterocycles. The molecule has 1 aromatic rings. The van der Waals surface area contributed by atoms with Gasteiger partial charge in [0.05, 0.1) is 12.2 Å².